The molecule has 0 saturated carbocycles. The van der Waals surface area contributed by atoms with Gasteiger partial charge in [-0.2, -0.15) is 0 Å². The molecule has 41 heavy (non-hydrogen) atoms. The van der Waals surface area contributed by atoms with Gasteiger partial charge in [-0.3, -0.25) is 9.79 Å². The largest absolute Gasteiger partial charge is 0.497 e. The first-order valence-corrected chi connectivity index (χ1v) is 14.1. The van der Waals surface area contributed by atoms with Crippen LogP contribution in [-0.2, 0) is 22.3 Å². The highest BCUT2D eigenvalue weighted by Gasteiger charge is 2.36. The molecule has 0 amide bonds. The lowest BCUT2D eigenvalue weighted by Gasteiger charge is -2.32. The summed E-state index contributed by atoms with van der Waals surface area (Å²) in [4.78, 5) is 20.2. The lowest BCUT2D eigenvalue weighted by atomic mass is 9.98. The predicted molar refractivity (Wildman–Crippen MR) is 159 cm³/mol. The van der Waals surface area contributed by atoms with E-state index in [0.29, 0.717) is 48.4 Å². The zero-order valence-electron chi connectivity index (χ0n) is 23.6. The zero-order chi connectivity index (χ0) is 28.3. The molecule has 3 heterocycles. The Morgan fingerprint density at radius 1 is 0.976 bits per heavy atom. The SMILES string of the molecule is COc1cccc(Cc2ccc3c(=O)cc(C(C(C)C)N4CCN=C4C4=COC(Cc5ccccc5)O4)oc3c2)c1. The number of nitrogens with zero attached hydrogens (tertiary/aromatic N) is 2. The van der Waals surface area contributed by atoms with Crippen LogP contribution in [0.5, 0.6) is 5.75 Å². The second-order valence-corrected chi connectivity index (χ2v) is 10.8. The molecule has 0 fully saturated rings. The third kappa shape index (κ3) is 5.71. The molecule has 2 aliphatic rings. The molecule has 0 radical (unpaired) electrons. The van der Waals surface area contributed by atoms with Crippen molar-refractivity contribution in [2.24, 2.45) is 10.9 Å². The van der Waals surface area contributed by atoms with Crippen molar-refractivity contribution in [2.45, 2.75) is 39.0 Å². The molecular formula is C34H34N2O5. The van der Waals surface area contributed by atoms with Crippen LogP contribution < -0.4 is 10.2 Å². The molecule has 4 aromatic rings. The maximum atomic E-state index is 13.3. The third-order valence-corrected chi connectivity index (χ3v) is 7.54. The van der Waals surface area contributed by atoms with Gasteiger partial charge < -0.3 is 23.5 Å². The normalized spacial score (nSPS) is 17.3. The molecule has 0 bridgehead atoms. The molecule has 1 aromatic heterocycles. The zero-order valence-corrected chi connectivity index (χ0v) is 23.6. The topological polar surface area (TPSA) is 73.5 Å². The van der Waals surface area contributed by atoms with Crippen molar-refractivity contribution in [2.75, 3.05) is 20.2 Å². The van der Waals surface area contributed by atoms with Crippen LogP contribution in [0, 0.1) is 5.92 Å². The van der Waals surface area contributed by atoms with Gasteiger partial charge in [-0.1, -0.05) is 62.4 Å². The molecule has 2 aliphatic heterocycles. The van der Waals surface area contributed by atoms with Gasteiger partial charge in [0.2, 0.25) is 12.0 Å². The summed E-state index contributed by atoms with van der Waals surface area (Å²) < 4.78 is 23.9. The highest BCUT2D eigenvalue weighted by Crippen LogP contribution is 2.34. The number of hydrogen-bond acceptors (Lipinski definition) is 7. The number of amidine groups is 1. The molecule has 0 aliphatic carbocycles. The van der Waals surface area contributed by atoms with Crippen LogP contribution in [0.2, 0.25) is 0 Å². The van der Waals surface area contributed by atoms with Crippen molar-refractivity contribution in [1.82, 2.24) is 4.90 Å². The first-order chi connectivity index (χ1) is 20.0. The average molecular weight is 551 g/mol. The van der Waals surface area contributed by atoms with Gasteiger partial charge in [0.25, 0.3) is 0 Å². The van der Waals surface area contributed by atoms with E-state index < -0.39 is 6.29 Å². The molecule has 0 saturated heterocycles. The van der Waals surface area contributed by atoms with Gasteiger partial charge in [-0.05, 0) is 53.3 Å². The highest BCUT2D eigenvalue weighted by molar-refractivity contribution is 5.98. The smallest absolute Gasteiger partial charge is 0.244 e. The summed E-state index contributed by atoms with van der Waals surface area (Å²) in [5, 5.41) is 0.569. The van der Waals surface area contributed by atoms with Crippen molar-refractivity contribution in [3.63, 3.8) is 0 Å². The minimum absolute atomic E-state index is 0.0555. The summed E-state index contributed by atoms with van der Waals surface area (Å²) in [5.41, 5.74) is 3.85. The Balaban J connectivity index is 1.26. The van der Waals surface area contributed by atoms with E-state index in [1.54, 1.807) is 19.4 Å². The van der Waals surface area contributed by atoms with Gasteiger partial charge in [0, 0.05) is 19.0 Å². The summed E-state index contributed by atoms with van der Waals surface area (Å²) in [6, 6.07) is 25.4. The van der Waals surface area contributed by atoms with E-state index in [1.165, 1.54) is 0 Å². The monoisotopic (exact) mass is 550 g/mol. The Kier molecular flexibility index (Phi) is 7.51. The number of benzene rings is 3. The molecule has 0 spiro atoms. The van der Waals surface area contributed by atoms with Gasteiger partial charge in [-0.15, -0.1) is 0 Å². The number of aliphatic imine (C=N–C) groups is 1. The highest BCUT2D eigenvalue weighted by atomic mass is 16.7. The molecule has 0 N–H and O–H groups in total. The van der Waals surface area contributed by atoms with Gasteiger partial charge in [-0.25, -0.2) is 0 Å². The standard InChI is InChI=1S/C34H34N2O5/c1-22(2)33(36-15-14-35-34(36)31-21-39-32(41-31)19-23-8-5-4-6-9-23)30-20-28(37)27-13-12-25(18-29(27)40-30)16-24-10-7-11-26(17-24)38-3/h4-13,17-18,20-22,32-33H,14-16,19H2,1-3H3. The van der Waals surface area contributed by atoms with Crippen molar-refractivity contribution < 1.29 is 18.6 Å². The molecule has 2 atom stereocenters. The molecule has 7 heteroatoms. The number of rotatable bonds is 9. The Bertz CT molecular complexity index is 1660. The lowest BCUT2D eigenvalue weighted by molar-refractivity contribution is -0.0263. The van der Waals surface area contributed by atoms with Crippen LogP contribution in [-0.4, -0.2) is 37.2 Å². The first kappa shape index (κ1) is 26.7. The summed E-state index contributed by atoms with van der Waals surface area (Å²) in [6.45, 7) is 5.58. The molecule has 7 nitrogen and oxygen atoms in total. The average Bonchev–Trinajstić information content (AvgIpc) is 3.63. The fourth-order valence-electron chi connectivity index (χ4n) is 5.62. The van der Waals surface area contributed by atoms with E-state index in [2.05, 4.69) is 36.9 Å². The Hall–Kier alpha value is -4.52. The van der Waals surface area contributed by atoms with E-state index >= 15 is 0 Å². The fourth-order valence-corrected chi connectivity index (χ4v) is 5.62. The molecule has 6 rings (SSSR count). The van der Waals surface area contributed by atoms with E-state index in [-0.39, 0.29) is 17.4 Å². The minimum Gasteiger partial charge on any atom is -0.497 e. The lowest BCUT2D eigenvalue weighted by Crippen LogP contribution is -2.37. The van der Waals surface area contributed by atoms with E-state index in [1.807, 2.05) is 54.6 Å². The van der Waals surface area contributed by atoms with Gasteiger partial charge >= 0.3 is 0 Å². The van der Waals surface area contributed by atoms with E-state index in [0.717, 1.165) is 28.3 Å². The van der Waals surface area contributed by atoms with E-state index in [4.69, 9.17) is 23.6 Å². The van der Waals surface area contributed by atoms with Gasteiger partial charge in [0.1, 0.15) is 23.4 Å². The summed E-state index contributed by atoms with van der Waals surface area (Å²) in [6.07, 6.45) is 2.59. The van der Waals surface area contributed by atoms with E-state index in [9.17, 15) is 4.79 Å². The van der Waals surface area contributed by atoms with Crippen molar-refractivity contribution in [3.8, 4) is 5.75 Å². The van der Waals surface area contributed by atoms with Crippen LogP contribution in [0.3, 0.4) is 0 Å². The van der Waals surface area contributed by atoms with Crippen LogP contribution in [0.15, 0.2) is 105 Å². The number of methoxy groups -OCH3 is 1. The Morgan fingerprint density at radius 2 is 1.78 bits per heavy atom. The predicted octanol–water partition coefficient (Wildman–Crippen LogP) is 6.26. The second kappa shape index (κ2) is 11.5. The maximum absolute atomic E-state index is 13.3. The van der Waals surface area contributed by atoms with Crippen LogP contribution in [0.25, 0.3) is 11.0 Å². The van der Waals surface area contributed by atoms with Crippen molar-refractivity contribution in [3.05, 3.63) is 124 Å². The third-order valence-electron chi connectivity index (χ3n) is 7.54. The summed E-state index contributed by atoms with van der Waals surface area (Å²) in [5.74, 6) is 2.91. The molecule has 210 valence electrons. The Labute approximate surface area is 239 Å². The molecule has 2 unspecified atom stereocenters. The quantitative estimate of drug-likeness (QED) is 0.245. The van der Waals surface area contributed by atoms with Crippen LogP contribution in [0.1, 0.15) is 42.3 Å². The van der Waals surface area contributed by atoms with Gasteiger partial charge in [0.15, 0.2) is 11.3 Å². The second-order valence-electron chi connectivity index (χ2n) is 10.8. The molecule has 3 aromatic carbocycles. The number of fused-ring (bicyclic) bond motifs is 1. The van der Waals surface area contributed by atoms with Crippen LogP contribution >= 0.6 is 0 Å². The van der Waals surface area contributed by atoms with Crippen LogP contribution in [0.4, 0.5) is 0 Å². The maximum Gasteiger partial charge on any atom is 0.244 e. The van der Waals surface area contributed by atoms with Crippen molar-refractivity contribution >= 4 is 16.8 Å². The minimum atomic E-state index is -0.406. The number of hydrogen-bond donors (Lipinski definition) is 0. The molecular weight excluding hydrogens is 516 g/mol. The summed E-state index contributed by atoms with van der Waals surface area (Å²) in [7, 11) is 1.67. The Morgan fingerprint density at radius 3 is 2.59 bits per heavy atom. The van der Waals surface area contributed by atoms with Crippen molar-refractivity contribution in [1.29, 1.82) is 0 Å². The number of ether oxygens (including phenoxy) is 3. The fraction of sp³-hybridized carbons (Fsp3) is 0.294. The van der Waals surface area contributed by atoms with Gasteiger partial charge in [0.05, 0.1) is 25.1 Å². The first-order valence-electron chi connectivity index (χ1n) is 14.1. The summed E-state index contributed by atoms with van der Waals surface area (Å²) >= 11 is 0.